The van der Waals surface area contributed by atoms with Gasteiger partial charge in [0.15, 0.2) is 0 Å². The molecular formula is C13H20Cl2N2O2S. The van der Waals surface area contributed by atoms with Gasteiger partial charge in [-0.2, -0.15) is 0 Å². The number of benzene rings is 1. The Morgan fingerprint density at radius 1 is 1.15 bits per heavy atom. The van der Waals surface area contributed by atoms with Crippen LogP contribution in [0.3, 0.4) is 0 Å². The fraction of sp³-hybridized carbons (Fsp3) is 0.538. The van der Waals surface area contributed by atoms with E-state index in [9.17, 15) is 8.42 Å². The summed E-state index contributed by atoms with van der Waals surface area (Å²) in [7, 11) is -0.391. The van der Waals surface area contributed by atoms with Crippen molar-refractivity contribution < 1.29 is 8.42 Å². The van der Waals surface area contributed by atoms with Crippen molar-refractivity contribution in [2.24, 2.45) is 0 Å². The van der Waals surface area contributed by atoms with E-state index in [-0.39, 0.29) is 10.4 Å². The second-order valence-electron chi connectivity index (χ2n) is 4.84. The minimum Gasteiger partial charge on any atom is -0.377 e. The van der Waals surface area contributed by atoms with Crippen LogP contribution in [0.15, 0.2) is 29.2 Å². The third-order valence-corrected chi connectivity index (χ3v) is 6.08. The van der Waals surface area contributed by atoms with Crippen LogP contribution >= 0.6 is 23.2 Å². The van der Waals surface area contributed by atoms with Crippen molar-refractivity contribution in [3.8, 4) is 0 Å². The lowest BCUT2D eigenvalue weighted by Gasteiger charge is -2.30. The molecule has 0 saturated carbocycles. The van der Waals surface area contributed by atoms with Crippen LogP contribution < -0.4 is 5.32 Å². The number of hydrogen-bond acceptors (Lipinski definition) is 3. The first-order valence-electron chi connectivity index (χ1n) is 6.24. The van der Waals surface area contributed by atoms with Gasteiger partial charge in [-0.15, -0.1) is 23.2 Å². The molecule has 114 valence electrons. The number of alkyl halides is 2. The Kier molecular flexibility index (Phi) is 6.13. The van der Waals surface area contributed by atoms with Crippen LogP contribution in [0, 0.1) is 0 Å². The van der Waals surface area contributed by atoms with Crippen LogP contribution in [0.4, 0.5) is 5.69 Å². The predicted octanol–water partition coefficient (Wildman–Crippen LogP) is 2.98. The number of rotatable bonds is 7. The van der Waals surface area contributed by atoms with E-state index in [1.165, 1.54) is 18.4 Å². The van der Waals surface area contributed by atoms with Crippen molar-refractivity contribution in [2.75, 3.05) is 31.2 Å². The summed E-state index contributed by atoms with van der Waals surface area (Å²) in [4.78, 5) is 0.256. The van der Waals surface area contributed by atoms with Crippen LogP contribution in [0.25, 0.3) is 0 Å². The van der Waals surface area contributed by atoms with Crippen molar-refractivity contribution in [2.45, 2.75) is 23.8 Å². The minimum absolute atomic E-state index is 0.256. The molecule has 1 rings (SSSR count). The molecule has 20 heavy (non-hydrogen) atoms. The highest BCUT2D eigenvalue weighted by molar-refractivity contribution is 7.89. The Balaban J connectivity index is 2.98. The molecule has 0 spiro atoms. The molecule has 0 atom stereocenters. The largest absolute Gasteiger partial charge is 0.377 e. The summed E-state index contributed by atoms with van der Waals surface area (Å²) in [5.74, 6) is 0.759. The van der Waals surface area contributed by atoms with E-state index >= 15 is 0 Å². The van der Waals surface area contributed by atoms with Gasteiger partial charge < -0.3 is 5.32 Å². The molecular weight excluding hydrogens is 319 g/mol. The average Bonchev–Trinajstić information content (AvgIpc) is 2.45. The van der Waals surface area contributed by atoms with Gasteiger partial charge in [-0.3, -0.25) is 0 Å². The Morgan fingerprint density at radius 3 is 2.00 bits per heavy atom. The zero-order chi connectivity index (χ0) is 15.4. The maximum Gasteiger partial charge on any atom is 0.242 e. The highest BCUT2D eigenvalue weighted by Crippen LogP contribution is 2.23. The summed E-state index contributed by atoms with van der Waals surface area (Å²) in [5.41, 5.74) is 0.413. The minimum atomic E-state index is -3.40. The van der Waals surface area contributed by atoms with Gasteiger partial charge in [0.25, 0.3) is 0 Å². The molecule has 1 N–H and O–H groups in total. The van der Waals surface area contributed by atoms with Gasteiger partial charge in [0.2, 0.25) is 10.0 Å². The van der Waals surface area contributed by atoms with Crippen molar-refractivity contribution in [3.63, 3.8) is 0 Å². The first-order valence-corrected chi connectivity index (χ1v) is 8.75. The Morgan fingerprint density at radius 2 is 1.65 bits per heavy atom. The van der Waals surface area contributed by atoms with E-state index in [1.54, 1.807) is 24.3 Å². The quantitative estimate of drug-likeness (QED) is 0.777. The maximum absolute atomic E-state index is 12.0. The van der Waals surface area contributed by atoms with Crippen LogP contribution in [-0.4, -0.2) is 44.1 Å². The molecule has 0 saturated heterocycles. The van der Waals surface area contributed by atoms with E-state index < -0.39 is 10.0 Å². The van der Waals surface area contributed by atoms with Gasteiger partial charge >= 0.3 is 0 Å². The van der Waals surface area contributed by atoms with Gasteiger partial charge in [0, 0.05) is 31.5 Å². The summed E-state index contributed by atoms with van der Waals surface area (Å²) in [5, 5.41) is 3.28. The lowest BCUT2D eigenvalue weighted by molar-refractivity contribution is 0.520. The highest BCUT2D eigenvalue weighted by Gasteiger charge is 2.26. The zero-order valence-electron chi connectivity index (χ0n) is 11.9. The van der Waals surface area contributed by atoms with Crippen LogP contribution in [-0.2, 0) is 10.0 Å². The second-order valence-corrected chi connectivity index (χ2v) is 7.52. The normalized spacial score (nSPS) is 12.7. The van der Waals surface area contributed by atoms with Gasteiger partial charge in [0.1, 0.15) is 0 Å². The van der Waals surface area contributed by atoms with Crippen molar-refractivity contribution in [1.82, 2.24) is 4.31 Å². The molecule has 1 aromatic rings. The molecule has 0 heterocycles. The molecule has 0 radical (unpaired) electrons. The summed E-state index contributed by atoms with van der Waals surface area (Å²) in [6, 6.07) is 6.58. The van der Waals surface area contributed by atoms with Crippen molar-refractivity contribution in [1.29, 1.82) is 0 Å². The molecule has 4 nitrogen and oxygen atoms in total. The first kappa shape index (κ1) is 17.6. The molecule has 0 unspecified atom stereocenters. The van der Waals surface area contributed by atoms with Gasteiger partial charge in [0.05, 0.1) is 10.4 Å². The van der Waals surface area contributed by atoms with Crippen LogP contribution in [0.1, 0.15) is 13.3 Å². The lowest BCUT2D eigenvalue weighted by atomic mass is 10.0. The summed E-state index contributed by atoms with van der Waals surface area (Å²) < 4.78 is 25.1. The fourth-order valence-electron chi connectivity index (χ4n) is 1.61. The van der Waals surface area contributed by atoms with Crippen molar-refractivity contribution in [3.05, 3.63) is 24.3 Å². The van der Waals surface area contributed by atoms with E-state index in [1.807, 2.05) is 6.92 Å². The van der Waals surface area contributed by atoms with E-state index in [2.05, 4.69) is 5.32 Å². The standard InChI is InChI=1S/C13H20Cl2N2O2S/c1-4-13(9-14,10-15)16-11-5-7-12(8-6-11)20(18,19)17(2)3/h5-8,16H,4,9-10H2,1-3H3. The molecule has 0 aliphatic carbocycles. The molecule has 1 aromatic carbocycles. The smallest absolute Gasteiger partial charge is 0.242 e. The second kappa shape index (κ2) is 6.98. The number of halogens is 2. The molecule has 0 bridgehead atoms. The third kappa shape index (κ3) is 3.79. The van der Waals surface area contributed by atoms with Gasteiger partial charge in [-0.1, -0.05) is 6.92 Å². The van der Waals surface area contributed by atoms with E-state index in [0.29, 0.717) is 11.8 Å². The predicted molar refractivity (Wildman–Crippen MR) is 85.4 cm³/mol. The lowest BCUT2D eigenvalue weighted by Crippen LogP contribution is -2.41. The molecule has 0 fully saturated rings. The molecule has 0 aliphatic rings. The maximum atomic E-state index is 12.0. The average molecular weight is 339 g/mol. The first-order chi connectivity index (χ1) is 9.31. The number of sulfonamides is 1. The SMILES string of the molecule is CCC(CCl)(CCl)Nc1ccc(S(=O)(=O)N(C)C)cc1. The summed E-state index contributed by atoms with van der Waals surface area (Å²) in [6.07, 6.45) is 0.776. The van der Waals surface area contributed by atoms with Gasteiger partial charge in [-0.25, -0.2) is 12.7 Å². The molecule has 0 amide bonds. The summed E-state index contributed by atoms with van der Waals surface area (Å²) >= 11 is 11.9. The Bertz CT molecular complexity index is 518. The molecule has 0 aliphatic heterocycles. The zero-order valence-corrected chi connectivity index (χ0v) is 14.2. The van der Waals surface area contributed by atoms with E-state index in [0.717, 1.165) is 12.1 Å². The van der Waals surface area contributed by atoms with Crippen LogP contribution in [0.5, 0.6) is 0 Å². The molecule has 0 aromatic heterocycles. The van der Waals surface area contributed by atoms with Crippen molar-refractivity contribution >= 4 is 38.9 Å². The summed E-state index contributed by atoms with van der Waals surface area (Å²) in [6.45, 7) is 2.00. The van der Waals surface area contributed by atoms with E-state index in [4.69, 9.17) is 23.2 Å². The molecule has 7 heteroatoms. The monoisotopic (exact) mass is 338 g/mol. The Labute approximate surface area is 131 Å². The highest BCUT2D eigenvalue weighted by atomic mass is 35.5. The number of nitrogens with one attached hydrogen (secondary N) is 1. The fourth-order valence-corrected chi connectivity index (χ4v) is 3.31. The number of anilines is 1. The van der Waals surface area contributed by atoms with Crippen LogP contribution in [0.2, 0.25) is 0 Å². The Hall–Kier alpha value is -0.490. The third-order valence-electron chi connectivity index (χ3n) is 3.23. The topological polar surface area (TPSA) is 49.4 Å². The number of nitrogens with zero attached hydrogens (tertiary/aromatic N) is 1. The van der Waals surface area contributed by atoms with Gasteiger partial charge in [-0.05, 0) is 30.7 Å². The number of hydrogen-bond donors (Lipinski definition) is 1.